The normalized spacial score (nSPS) is 10.1. The maximum Gasteiger partial charge on any atom is 0.239 e. The van der Waals surface area contributed by atoms with Gasteiger partial charge in [-0.25, -0.2) is 0 Å². The van der Waals surface area contributed by atoms with E-state index in [1.165, 1.54) is 0 Å². The number of rotatable bonds is 10. The molecule has 1 amide bonds. The molecule has 5 nitrogen and oxygen atoms in total. The molecular weight excluding hydrogens is 256 g/mol. The number of ether oxygens (including phenoxy) is 2. The molecule has 0 aliphatic heterocycles. The fourth-order valence-electron chi connectivity index (χ4n) is 1.56. The zero-order valence-electron chi connectivity index (χ0n) is 12.3. The number of unbranched alkanes of at least 4 members (excludes halogenated alkanes) is 1. The Bertz CT molecular complexity index is 379. The van der Waals surface area contributed by atoms with Crippen LogP contribution in [0.3, 0.4) is 0 Å². The van der Waals surface area contributed by atoms with Gasteiger partial charge in [0.15, 0.2) is 0 Å². The molecule has 0 aliphatic rings. The lowest BCUT2D eigenvalue weighted by Gasteiger charge is -2.09. The third-order valence-electron chi connectivity index (χ3n) is 2.72. The van der Waals surface area contributed by atoms with E-state index in [1.807, 2.05) is 24.3 Å². The molecular formula is C15H24N2O3. The van der Waals surface area contributed by atoms with Gasteiger partial charge >= 0.3 is 0 Å². The lowest BCUT2D eigenvalue weighted by molar-refractivity contribution is -0.119. The highest BCUT2D eigenvalue weighted by atomic mass is 16.5. The van der Waals surface area contributed by atoms with Gasteiger partial charge in [-0.2, -0.15) is 0 Å². The number of nitrogens with one attached hydrogen (secondary N) is 2. The second-order valence-corrected chi connectivity index (χ2v) is 4.42. The summed E-state index contributed by atoms with van der Waals surface area (Å²) >= 11 is 0. The highest BCUT2D eigenvalue weighted by Gasteiger charge is 2.00. The van der Waals surface area contributed by atoms with E-state index in [0.717, 1.165) is 30.8 Å². The molecule has 0 aliphatic carbocycles. The zero-order chi connectivity index (χ0) is 14.6. The highest BCUT2D eigenvalue weighted by Crippen LogP contribution is 2.15. The van der Waals surface area contributed by atoms with Crippen LogP contribution in [0.2, 0.25) is 0 Å². The number of hydrogen-bond acceptors (Lipinski definition) is 4. The molecule has 1 aromatic rings. The van der Waals surface area contributed by atoms with Crippen molar-refractivity contribution in [2.24, 2.45) is 0 Å². The first-order valence-electron chi connectivity index (χ1n) is 6.98. The summed E-state index contributed by atoms with van der Waals surface area (Å²) in [6.45, 7) is 4.22. The molecule has 0 aromatic heterocycles. The van der Waals surface area contributed by atoms with Gasteiger partial charge in [0.25, 0.3) is 0 Å². The van der Waals surface area contributed by atoms with Gasteiger partial charge in [0.05, 0.1) is 13.2 Å². The topological polar surface area (TPSA) is 59.6 Å². The van der Waals surface area contributed by atoms with Gasteiger partial charge in [-0.15, -0.1) is 0 Å². The minimum Gasteiger partial charge on any atom is -0.491 e. The maximum absolute atomic E-state index is 11.5. The quantitative estimate of drug-likeness (QED) is 0.644. The number of carbonyl (C=O) groups excluding carboxylic acids is 1. The van der Waals surface area contributed by atoms with E-state index in [9.17, 15) is 4.79 Å². The van der Waals surface area contributed by atoms with Crippen LogP contribution < -0.4 is 15.4 Å². The maximum atomic E-state index is 11.5. The fraction of sp³-hybridized carbons (Fsp3) is 0.533. The SMILES string of the molecule is CCCCNC(=O)CNc1ccc(OCCOC)cc1. The van der Waals surface area contributed by atoms with E-state index in [0.29, 0.717) is 13.2 Å². The molecule has 0 unspecified atom stereocenters. The van der Waals surface area contributed by atoms with Gasteiger partial charge in [-0.3, -0.25) is 4.79 Å². The van der Waals surface area contributed by atoms with Crippen LogP contribution in [-0.2, 0) is 9.53 Å². The van der Waals surface area contributed by atoms with Crippen LogP contribution in [0.5, 0.6) is 5.75 Å². The Morgan fingerprint density at radius 3 is 2.60 bits per heavy atom. The first kappa shape index (κ1) is 16.3. The summed E-state index contributed by atoms with van der Waals surface area (Å²) in [6, 6.07) is 7.52. The van der Waals surface area contributed by atoms with Crippen molar-refractivity contribution in [3.05, 3.63) is 24.3 Å². The third kappa shape index (κ3) is 6.99. The third-order valence-corrected chi connectivity index (χ3v) is 2.72. The van der Waals surface area contributed by atoms with Crippen LogP contribution in [0, 0.1) is 0 Å². The van der Waals surface area contributed by atoms with Crippen LogP contribution in [0.4, 0.5) is 5.69 Å². The van der Waals surface area contributed by atoms with Crippen molar-refractivity contribution >= 4 is 11.6 Å². The predicted molar refractivity (Wildman–Crippen MR) is 80.2 cm³/mol. The Morgan fingerprint density at radius 2 is 1.95 bits per heavy atom. The molecule has 2 N–H and O–H groups in total. The second kappa shape index (κ2) is 10.1. The molecule has 0 fully saturated rings. The summed E-state index contributed by atoms with van der Waals surface area (Å²) in [7, 11) is 1.64. The van der Waals surface area contributed by atoms with Crippen molar-refractivity contribution in [3.63, 3.8) is 0 Å². The first-order chi connectivity index (χ1) is 9.76. The molecule has 0 saturated carbocycles. The molecule has 0 saturated heterocycles. The zero-order valence-corrected chi connectivity index (χ0v) is 12.3. The lowest BCUT2D eigenvalue weighted by atomic mass is 10.3. The van der Waals surface area contributed by atoms with E-state index >= 15 is 0 Å². The second-order valence-electron chi connectivity index (χ2n) is 4.42. The number of amides is 1. The van der Waals surface area contributed by atoms with Crippen molar-refractivity contribution in [1.82, 2.24) is 5.32 Å². The summed E-state index contributed by atoms with van der Waals surface area (Å²) in [5, 5.41) is 5.93. The molecule has 0 atom stereocenters. The van der Waals surface area contributed by atoms with E-state index in [-0.39, 0.29) is 12.5 Å². The van der Waals surface area contributed by atoms with Crippen molar-refractivity contribution in [1.29, 1.82) is 0 Å². The summed E-state index contributed by atoms with van der Waals surface area (Å²) < 4.78 is 10.4. The molecule has 0 heterocycles. The first-order valence-corrected chi connectivity index (χ1v) is 6.98. The van der Waals surface area contributed by atoms with E-state index < -0.39 is 0 Å². The summed E-state index contributed by atoms with van der Waals surface area (Å²) in [5.41, 5.74) is 0.898. The highest BCUT2D eigenvalue weighted by molar-refractivity contribution is 5.80. The molecule has 5 heteroatoms. The molecule has 0 bridgehead atoms. The van der Waals surface area contributed by atoms with Crippen molar-refractivity contribution in [3.8, 4) is 5.75 Å². The number of benzene rings is 1. The Morgan fingerprint density at radius 1 is 1.20 bits per heavy atom. The van der Waals surface area contributed by atoms with Gasteiger partial charge in [0.1, 0.15) is 12.4 Å². The van der Waals surface area contributed by atoms with Gasteiger partial charge in [-0.05, 0) is 30.7 Å². The van der Waals surface area contributed by atoms with Gasteiger partial charge in [-0.1, -0.05) is 13.3 Å². The summed E-state index contributed by atoms with van der Waals surface area (Å²) in [5.74, 6) is 0.805. The Kier molecular flexibility index (Phi) is 8.22. The summed E-state index contributed by atoms with van der Waals surface area (Å²) in [6.07, 6.45) is 2.09. The summed E-state index contributed by atoms with van der Waals surface area (Å²) in [4.78, 5) is 11.5. The molecule has 1 rings (SSSR count). The van der Waals surface area contributed by atoms with Crippen molar-refractivity contribution in [2.75, 3.05) is 38.7 Å². The minimum absolute atomic E-state index is 0.0128. The van der Waals surface area contributed by atoms with E-state index in [4.69, 9.17) is 9.47 Å². The number of carbonyl (C=O) groups is 1. The van der Waals surface area contributed by atoms with Gasteiger partial charge < -0.3 is 20.1 Å². The minimum atomic E-state index is 0.0128. The Balaban J connectivity index is 2.25. The molecule has 112 valence electrons. The van der Waals surface area contributed by atoms with Crippen molar-refractivity contribution in [2.45, 2.75) is 19.8 Å². The van der Waals surface area contributed by atoms with Gasteiger partial charge in [0, 0.05) is 19.3 Å². The number of hydrogen-bond donors (Lipinski definition) is 2. The van der Waals surface area contributed by atoms with Crippen LogP contribution in [0.15, 0.2) is 24.3 Å². The van der Waals surface area contributed by atoms with Crippen LogP contribution >= 0.6 is 0 Å². The van der Waals surface area contributed by atoms with Crippen LogP contribution in [0.25, 0.3) is 0 Å². The fourth-order valence-corrected chi connectivity index (χ4v) is 1.56. The van der Waals surface area contributed by atoms with Crippen LogP contribution in [0.1, 0.15) is 19.8 Å². The monoisotopic (exact) mass is 280 g/mol. The predicted octanol–water partition coefficient (Wildman–Crippen LogP) is 2.04. The largest absolute Gasteiger partial charge is 0.491 e. The standard InChI is InChI=1S/C15H24N2O3/c1-3-4-9-16-15(18)12-17-13-5-7-14(8-6-13)20-11-10-19-2/h5-8,17H,3-4,9-12H2,1-2H3,(H,16,18). The average Bonchev–Trinajstić information content (AvgIpc) is 2.47. The van der Waals surface area contributed by atoms with E-state index in [1.54, 1.807) is 7.11 Å². The molecule has 1 aromatic carbocycles. The smallest absolute Gasteiger partial charge is 0.239 e. The number of anilines is 1. The lowest BCUT2D eigenvalue weighted by Crippen LogP contribution is -2.30. The molecule has 20 heavy (non-hydrogen) atoms. The van der Waals surface area contributed by atoms with Crippen molar-refractivity contribution < 1.29 is 14.3 Å². The molecule has 0 radical (unpaired) electrons. The average molecular weight is 280 g/mol. The number of methoxy groups -OCH3 is 1. The van der Waals surface area contributed by atoms with Gasteiger partial charge in [0.2, 0.25) is 5.91 Å². The van der Waals surface area contributed by atoms with E-state index in [2.05, 4.69) is 17.6 Å². The molecule has 0 spiro atoms. The van der Waals surface area contributed by atoms with Crippen LogP contribution in [-0.4, -0.2) is 39.3 Å². The Hall–Kier alpha value is -1.75. The Labute approximate surface area is 120 Å².